The molecule has 0 aromatic heterocycles. The van der Waals surface area contributed by atoms with E-state index in [4.69, 9.17) is 11.6 Å². The van der Waals surface area contributed by atoms with Crippen molar-refractivity contribution in [1.82, 2.24) is 5.43 Å². The van der Waals surface area contributed by atoms with Crippen molar-refractivity contribution in [3.63, 3.8) is 0 Å². The van der Waals surface area contributed by atoms with Crippen LogP contribution in [0.15, 0.2) is 12.1 Å². The first-order chi connectivity index (χ1) is 6.06. The molecule has 1 rings (SSSR count). The van der Waals surface area contributed by atoms with Gasteiger partial charge in [-0.1, -0.05) is 0 Å². The molecule has 0 unspecified atom stereocenters. The summed E-state index contributed by atoms with van der Waals surface area (Å²) in [6.07, 6.45) is 0. The van der Waals surface area contributed by atoms with Crippen molar-refractivity contribution in [2.24, 2.45) is 5.84 Å². The van der Waals surface area contributed by atoms with Gasteiger partial charge >= 0.3 is 0 Å². The molecular weight excluding hydrogens is 180 g/mol. The SMILES string of the molecule is NNC(=O)c1c(F)cc(N)cc1F. The molecule has 5 N–H and O–H groups in total. The van der Waals surface area contributed by atoms with Crippen LogP contribution in [0.25, 0.3) is 0 Å². The molecular formula is C7H7F2N3O. The molecule has 1 aromatic carbocycles. The molecule has 0 spiro atoms. The van der Waals surface area contributed by atoms with Gasteiger partial charge in [0.1, 0.15) is 17.2 Å². The molecule has 1 aromatic rings. The lowest BCUT2D eigenvalue weighted by Gasteiger charge is -2.03. The Morgan fingerprint density at radius 2 is 1.77 bits per heavy atom. The molecule has 0 radical (unpaired) electrons. The summed E-state index contributed by atoms with van der Waals surface area (Å²) < 4.78 is 25.8. The van der Waals surface area contributed by atoms with Gasteiger partial charge in [0.25, 0.3) is 5.91 Å². The minimum absolute atomic E-state index is 0.0939. The summed E-state index contributed by atoms with van der Waals surface area (Å²) in [6, 6.07) is 1.68. The Labute approximate surface area is 72.5 Å². The van der Waals surface area contributed by atoms with Crippen molar-refractivity contribution in [3.05, 3.63) is 29.3 Å². The Hall–Kier alpha value is -1.69. The molecule has 0 aliphatic heterocycles. The fourth-order valence-corrected chi connectivity index (χ4v) is 0.882. The zero-order valence-corrected chi connectivity index (χ0v) is 6.47. The maximum atomic E-state index is 12.9. The number of nitrogens with one attached hydrogen (secondary N) is 1. The Morgan fingerprint density at radius 1 is 1.31 bits per heavy atom. The fourth-order valence-electron chi connectivity index (χ4n) is 0.882. The smallest absolute Gasteiger partial charge is 0.271 e. The number of amides is 1. The lowest BCUT2D eigenvalue weighted by Crippen LogP contribution is -2.31. The van der Waals surface area contributed by atoms with Crippen LogP contribution >= 0.6 is 0 Å². The zero-order chi connectivity index (χ0) is 10.0. The molecule has 0 bridgehead atoms. The van der Waals surface area contributed by atoms with E-state index >= 15 is 0 Å². The first-order valence-electron chi connectivity index (χ1n) is 3.31. The summed E-state index contributed by atoms with van der Waals surface area (Å²) in [5.74, 6) is 1.60. The molecule has 0 fully saturated rings. The van der Waals surface area contributed by atoms with Crippen molar-refractivity contribution >= 4 is 11.6 Å². The van der Waals surface area contributed by atoms with Crippen molar-refractivity contribution < 1.29 is 13.6 Å². The van der Waals surface area contributed by atoms with Crippen molar-refractivity contribution in [2.45, 2.75) is 0 Å². The van der Waals surface area contributed by atoms with E-state index in [0.717, 1.165) is 12.1 Å². The van der Waals surface area contributed by atoms with E-state index in [2.05, 4.69) is 0 Å². The standard InChI is InChI=1S/C7H7F2N3O/c8-4-1-3(10)2-5(9)6(4)7(13)12-11/h1-2H,10-11H2,(H,12,13). The molecule has 1 amide bonds. The van der Waals surface area contributed by atoms with Gasteiger partial charge in [-0.2, -0.15) is 0 Å². The van der Waals surface area contributed by atoms with Crippen LogP contribution in [-0.4, -0.2) is 5.91 Å². The van der Waals surface area contributed by atoms with Gasteiger partial charge in [0, 0.05) is 5.69 Å². The first-order valence-corrected chi connectivity index (χ1v) is 3.31. The maximum Gasteiger partial charge on any atom is 0.271 e. The van der Waals surface area contributed by atoms with E-state index in [1.165, 1.54) is 0 Å². The number of halogens is 2. The summed E-state index contributed by atoms with van der Waals surface area (Å²) >= 11 is 0. The predicted molar refractivity (Wildman–Crippen MR) is 42.4 cm³/mol. The number of hydrogen-bond donors (Lipinski definition) is 3. The van der Waals surface area contributed by atoms with Crippen LogP contribution in [0.2, 0.25) is 0 Å². The van der Waals surface area contributed by atoms with Crippen LogP contribution in [0.3, 0.4) is 0 Å². The molecule has 0 saturated heterocycles. The van der Waals surface area contributed by atoms with E-state index < -0.39 is 23.1 Å². The number of anilines is 1. The Bertz CT molecular complexity index is 331. The van der Waals surface area contributed by atoms with E-state index in [-0.39, 0.29) is 5.69 Å². The van der Waals surface area contributed by atoms with Crippen molar-refractivity contribution in [1.29, 1.82) is 0 Å². The van der Waals surface area contributed by atoms with E-state index in [0.29, 0.717) is 0 Å². The summed E-state index contributed by atoms with van der Waals surface area (Å²) in [4.78, 5) is 10.8. The topological polar surface area (TPSA) is 81.1 Å². The highest BCUT2D eigenvalue weighted by Gasteiger charge is 2.16. The van der Waals surface area contributed by atoms with Crippen LogP contribution in [0.4, 0.5) is 14.5 Å². The second-order valence-electron chi connectivity index (χ2n) is 2.33. The van der Waals surface area contributed by atoms with Gasteiger partial charge < -0.3 is 5.73 Å². The highest BCUT2D eigenvalue weighted by Crippen LogP contribution is 2.16. The van der Waals surface area contributed by atoms with Crippen LogP contribution in [0.1, 0.15) is 10.4 Å². The summed E-state index contributed by atoms with van der Waals surface area (Å²) in [5, 5.41) is 0. The third-order valence-corrected chi connectivity index (χ3v) is 1.42. The predicted octanol–water partition coefficient (Wildman–Crippen LogP) is 0.150. The Balaban J connectivity index is 3.28. The molecule has 0 aliphatic carbocycles. The normalized spacial score (nSPS) is 9.77. The largest absolute Gasteiger partial charge is 0.399 e. The average Bonchev–Trinajstić information content (AvgIpc) is 2.02. The van der Waals surface area contributed by atoms with Crippen LogP contribution in [-0.2, 0) is 0 Å². The average molecular weight is 187 g/mol. The quantitative estimate of drug-likeness (QED) is 0.253. The lowest BCUT2D eigenvalue weighted by molar-refractivity contribution is 0.0945. The van der Waals surface area contributed by atoms with Crippen molar-refractivity contribution in [2.75, 3.05) is 5.73 Å². The highest BCUT2D eigenvalue weighted by molar-refractivity contribution is 5.94. The van der Waals surface area contributed by atoms with Gasteiger partial charge in [0.2, 0.25) is 0 Å². The lowest BCUT2D eigenvalue weighted by atomic mass is 10.1. The van der Waals surface area contributed by atoms with Gasteiger partial charge in [-0.15, -0.1) is 0 Å². The molecule has 6 heteroatoms. The number of benzene rings is 1. The van der Waals surface area contributed by atoms with Gasteiger partial charge in [0.15, 0.2) is 0 Å². The van der Waals surface area contributed by atoms with E-state index in [1.54, 1.807) is 5.43 Å². The third kappa shape index (κ3) is 1.73. The number of hydrazine groups is 1. The van der Waals surface area contributed by atoms with Crippen LogP contribution in [0, 0.1) is 11.6 Å². The first kappa shape index (κ1) is 9.40. The van der Waals surface area contributed by atoms with Gasteiger partial charge in [-0.25, -0.2) is 14.6 Å². The Kier molecular flexibility index (Phi) is 2.43. The molecule has 0 aliphatic rings. The monoisotopic (exact) mass is 187 g/mol. The van der Waals surface area contributed by atoms with Crippen molar-refractivity contribution in [3.8, 4) is 0 Å². The van der Waals surface area contributed by atoms with Crippen LogP contribution in [0.5, 0.6) is 0 Å². The maximum absolute atomic E-state index is 12.9. The summed E-state index contributed by atoms with van der Waals surface area (Å²) in [6.45, 7) is 0. The molecule has 0 heterocycles. The van der Waals surface area contributed by atoms with Gasteiger partial charge in [0.05, 0.1) is 0 Å². The summed E-state index contributed by atoms with van der Waals surface area (Å²) in [5.41, 5.74) is 5.92. The van der Waals surface area contributed by atoms with Gasteiger partial charge in [-0.05, 0) is 12.1 Å². The van der Waals surface area contributed by atoms with Crippen LogP contribution < -0.4 is 17.0 Å². The number of carbonyl (C=O) groups excluding carboxylic acids is 1. The fraction of sp³-hybridized carbons (Fsp3) is 0. The minimum atomic E-state index is -1.04. The highest BCUT2D eigenvalue weighted by atomic mass is 19.1. The molecule has 0 atom stereocenters. The number of rotatable bonds is 1. The van der Waals surface area contributed by atoms with E-state index in [9.17, 15) is 13.6 Å². The molecule has 70 valence electrons. The minimum Gasteiger partial charge on any atom is -0.399 e. The number of nitrogens with two attached hydrogens (primary N) is 2. The second-order valence-corrected chi connectivity index (χ2v) is 2.33. The Morgan fingerprint density at radius 3 is 2.15 bits per heavy atom. The number of carbonyl (C=O) groups is 1. The van der Waals surface area contributed by atoms with Gasteiger partial charge in [-0.3, -0.25) is 10.2 Å². The van der Waals surface area contributed by atoms with E-state index in [1.807, 2.05) is 0 Å². The number of nitrogen functional groups attached to an aromatic ring is 2. The number of hydrogen-bond acceptors (Lipinski definition) is 3. The molecule has 0 saturated carbocycles. The molecule has 4 nitrogen and oxygen atoms in total. The zero-order valence-electron chi connectivity index (χ0n) is 6.47. The third-order valence-electron chi connectivity index (χ3n) is 1.42. The molecule has 13 heavy (non-hydrogen) atoms. The summed E-state index contributed by atoms with van der Waals surface area (Å²) in [7, 11) is 0. The second kappa shape index (κ2) is 3.36.